The highest BCUT2D eigenvalue weighted by molar-refractivity contribution is 7.90. The van der Waals surface area contributed by atoms with Crippen LogP contribution in [0, 0.1) is 17.0 Å². The highest BCUT2D eigenvalue weighted by atomic mass is 32.2. The van der Waals surface area contributed by atoms with Crippen LogP contribution in [0.15, 0.2) is 59.5 Å². The molecule has 2 aromatic carbocycles. The highest BCUT2D eigenvalue weighted by Gasteiger charge is 2.24. The monoisotopic (exact) mass is 316 g/mol. The molecular weight excluding hydrogens is 304 g/mol. The van der Waals surface area contributed by atoms with Crippen molar-refractivity contribution in [2.24, 2.45) is 0 Å². The summed E-state index contributed by atoms with van der Waals surface area (Å²) in [6.07, 6.45) is 0. The van der Waals surface area contributed by atoms with E-state index in [0.29, 0.717) is 16.6 Å². The lowest BCUT2D eigenvalue weighted by atomic mass is 10.2. The number of hydrogen-bond donors (Lipinski definition) is 0. The van der Waals surface area contributed by atoms with Crippen molar-refractivity contribution in [1.29, 1.82) is 0 Å². The maximum Gasteiger partial charge on any atom is 0.278 e. The third kappa shape index (κ3) is 2.06. The average Bonchev–Trinajstić information content (AvgIpc) is 2.84. The lowest BCUT2D eigenvalue weighted by molar-refractivity contribution is -0.383. The van der Waals surface area contributed by atoms with Gasteiger partial charge in [0, 0.05) is 11.8 Å². The molecule has 0 aliphatic rings. The first-order chi connectivity index (χ1) is 10.4. The van der Waals surface area contributed by atoms with Gasteiger partial charge < -0.3 is 0 Å². The van der Waals surface area contributed by atoms with Gasteiger partial charge in [-0.2, -0.15) is 0 Å². The summed E-state index contributed by atoms with van der Waals surface area (Å²) in [5, 5.41) is 11.4. The molecule has 0 atom stereocenters. The first-order valence-electron chi connectivity index (χ1n) is 6.49. The summed E-state index contributed by atoms with van der Waals surface area (Å²) in [6, 6.07) is 13.9. The van der Waals surface area contributed by atoms with Crippen molar-refractivity contribution in [3.8, 4) is 0 Å². The van der Waals surface area contributed by atoms with E-state index in [4.69, 9.17) is 0 Å². The van der Waals surface area contributed by atoms with Gasteiger partial charge in [-0.15, -0.1) is 0 Å². The van der Waals surface area contributed by atoms with E-state index in [0.717, 1.165) is 3.97 Å². The summed E-state index contributed by atoms with van der Waals surface area (Å²) in [4.78, 5) is 10.7. The molecule has 7 heteroatoms. The minimum absolute atomic E-state index is 0.109. The van der Waals surface area contributed by atoms with Crippen LogP contribution in [0.4, 0.5) is 5.69 Å². The zero-order chi connectivity index (χ0) is 15.9. The molecule has 1 aromatic heterocycles. The summed E-state index contributed by atoms with van der Waals surface area (Å²) in [6.45, 7) is 1.62. The fraction of sp³-hybridized carbons (Fsp3) is 0.0667. The van der Waals surface area contributed by atoms with Crippen LogP contribution in [0.1, 0.15) is 5.69 Å². The smallest absolute Gasteiger partial charge is 0.258 e. The second-order valence-corrected chi connectivity index (χ2v) is 6.62. The SMILES string of the molecule is Cc1cc2c([N+](=O)[O-])cccc2n1S(=O)(=O)c1ccccc1. The van der Waals surface area contributed by atoms with Gasteiger partial charge in [-0.05, 0) is 31.2 Å². The molecule has 6 nitrogen and oxygen atoms in total. The van der Waals surface area contributed by atoms with Crippen LogP contribution < -0.4 is 0 Å². The number of non-ortho nitro benzene ring substituents is 1. The maximum absolute atomic E-state index is 12.8. The number of aryl methyl sites for hydroxylation is 1. The van der Waals surface area contributed by atoms with Crippen LogP contribution in [-0.2, 0) is 10.0 Å². The Balaban J connectivity index is 2.36. The average molecular weight is 316 g/mol. The Hall–Kier alpha value is -2.67. The van der Waals surface area contributed by atoms with Gasteiger partial charge in [0.1, 0.15) is 0 Å². The van der Waals surface area contributed by atoms with Gasteiger partial charge in [0.05, 0.1) is 20.7 Å². The third-order valence-electron chi connectivity index (χ3n) is 3.43. The molecule has 0 saturated heterocycles. The number of hydrogen-bond acceptors (Lipinski definition) is 4. The van der Waals surface area contributed by atoms with E-state index < -0.39 is 14.9 Å². The minimum Gasteiger partial charge on any atom is -0.258 e. The number of nitro groups is 1. The van der Waals surface area contributed by atoms with Crippen molar-refractivity contribution in [2.75, 3.05) is 0 Å². The highest BCUT2D eigenvalue weighted by Crippen LogP contribution is 2.31. The van der Waals surface area contributed by atoms with Crippen LogP contribution in [0.25, 0.3) is 10.9 Å². The molecule has 0 saturated carbocycles. The topological polar surface area (TPSA) is 82.2 Å². The quantitative estimate of drug-likeness (QED) is 0.549. The van der Waals surface area contributed by atoms with E-state index >= 15 is 0 Å². The number of aromatic nitrogens is 1. The minimum atomic E-state index is -3.80. The largest absolute Gasteiger partial charge is 0.278 e. The Morgan fingerprint density at radius 3 is 2.36 bits per heavy atom. The van der Waals surface area contributed by atoms with Crippen molar-refractivity contribution >= 4 is 26.6 Å². The lowest BCUT2D eigenvalue weighted by Crippen LogP contribution is -2.14. The second-order valence-electron chi connectivity index (χ2n) is 4.84. The number of rotatable bonds is 3. The molecule has 0 amide bonds. The molecule has 0 fully saturated rings. The molecule has 112 valence electrons. The van der Waals surface area contributed by atoms with Crippen molar-refractivity contribution in [3.63, 3.8) is 0 Å². The molecule has 0 aliphatic carbocycles. The maximum atomic E-state index is 12.8. The van der Waals surface area contributed by atoms with E-state index in [9.17, 15) is 18.5 Å². The van der Waals surface area contributed by atoms with Gasteiger partial charge in [0.2, 0.25) is 0 Å². The van der Waals surface area contributed by atoms with Crippen molar-refractivity contribution < 1.29 is 13.3 Å². The van der Waals surface area contributed by atoms with Crippen LogP contribution in [0.3, 0.4) is 0 Å². The van der Waals surface area contributed by atoms with Crippen LogP contribution in [0.2, 0.25) is 0 Å². The molecule has 3 aromatic rings. The Morgan fingerprint density at radius 2 is 1.73 bits per heavy atom. The molecular formula is C15H12N2O4S. The molecule has 3 rings (SSSR count). The van der Waals surface area contributed by atoms with Gasteiger partial charge in [-0.1, -0.05) is 24.3 Å². The predicted octanol–water partition coefficient (Wildman–Crippen LogP) is 3.09. The van der Waals surface area contributed by atoms with Crippen molar-refractivity contribution in [2.45, 2.75) is 11.8 Å². The summed E-state index contributed by atoms with van der Waals surface area (Å²) < 4.78 is 26.8. The van der Waals surface area contributed by atoms with Gasteiger partial charge in [-0.25, -0.2) is 12.4 Å². The Bertz CT molecular complexity index is 975. The van der Waals surface area contributed by atoms with E-state index in [1.165, 1.54) is 30.3 Å². The molecule has 0 bridgehead atoms. The Kier molecular flexibility index (Phi) is 3.22. The lowest BCUT2D eigenvalue weighted by Gasteiger charge is -2.09. The Labute approximate surface area is 126 Å². The van der Waals surface area contributed by atoms with Gasteiger partial charge in [0.15, 0.2) is 0 Å². The number of benzene rings is 2. The zero-order valence-corrected chi connectivity index (χ0v) is 12.4. The summed E-state index contributed by atoms with van der Waals surface area (Å²) in [5.74, 6) is 0. The first-order valence-corrected chi connectivity index (χ1v) is 7.93. The Morgan fingerprint density at radius 1 is 1.05 bits per heavy atom. The zero-order valence-electron chi connectivity index (χ0n) is 11.6. The van der Waals surface area contributed by atoms with Crippen molar-refractivity contribution in [1.82, 2.24) is 3.97 Å². The molecule has 0 aliphatic heterocycles. The fourth-order valence-electron chi connectivity index (χ4n) is 2.50. The van der Waals surface area contributed by atoms with Crippen LogP contribution in [-0.4, -0.2) is 17.3 Å². The van der Waals surface area contributed by atoms with Crippen LogP contribution >= 0.6 is 0 Å². The fourth-order valence-corrected chi connectivity index (χ4v) is 4.06. The predicted molar refractivity (Wildman–Crippen MR) is 82.4 cm³/mol. The summed E-state index contributed by atoms with van der Waals surface area (Å²) >= 11 is 0. The summed E-state index contributed by atoms with van der Waals surface area (Å²) in [7, 11) is -3.80. The standard InChI is InChI=1S/C15H12N2O4S/c1-11-10-13-14(8-5-9-15(13)17(18)19)16(11)22(20,21)12-6-3-2-4-7-12/h2-10H,1H3. The molecule has 0 N–H and O–H groups in total. The number of fused-ring (bicyclic) bond motifs is 1. The van der Waals surface area contributed by atoms with Crippen molar-refractivity contribution in [3.05, 3.63) is 70.4 Å². The van der Waals surface area contributed by atoms with E-state index in [-0.39, 0.29) is 10.6 Å². The summed E-state index contributed by atoms with van der Waals surface area (Å²) in [5.41, 5.74) is 0.617. The molecule has 1 heterocycles. The molecule has 0 spiro atoms. The van der Waals surface area contributed by atoms with E-state index in [1.54, 1.807) is 31.2 Å². The van der Waals surface area contributed by atoms with Crippen LogP contribution in [0.5, 0.6) is 0 Å². The molecule has 0 unspecified atom stereocenters. The second kappa shape index (κ2) is 4.96. The van der Waals surface area contributed by atoms with Gasteiger partial charge >= 0.3 is 0 Å². The first kappa shape index (κ1) is 14.3. The molecule has 22 heavy (non-hydrogen) atoms. The number of nitrogens with zero attached hydrogens (tertiary/aromatic N) is 2. The number of nitro benzene ring substituents is 1. The van der Waals surface area contributed by atoms with Gasteiger partial charge in [0.25, 0.3) is 15.7 Å². The molecule has 0 radical (unpaired) electrons. The van der Waals surface area contributed by atoms with E-state index in [1.807, 2.05) is 0 Å². The van der Waals surface area contributed by atoms with Gasteiger partial charge in [-0.3, -0.25) is 10.1 Å². The third-order valence-corrected chi connectivity index (χ3v) is 5.26. The van der Waals surface area contributed by atoms with E-state index in [2.05, 4.69) is 0 Å². The normalized spacial score (nSPS) is 11.7.